The first kappa shape index (κ1) is 14.2. The number of carbonyl (C=O) groups excluding carboxylic acids is 2. The zero-order chi connectivity index (χ0) is 14.7. The van der Waals surface area contributed by atoms with Gasteiger partial charge >= 0.3 is 0 Å². The van der Waals surface area contributed by atoms with E-state index in [2.05, 4.69) is 5.32 Å². The third kappa shape index (κ3) is 3.40. The van der Waals surface area contributed by atoms with Crippen molar-refractivity contribution in [2.45, 2.75) is 18.9 Å². The molecular formula is C14H19N3O3. The average Bonchev–Trinajstić information content (AvgIpc) is 3.21. The molecule has 0 bridgehead atoms. The van der Waals surface area contributed by atoms with E-state index in [-0.39, 0.29) is 18.4 Å². The minimum atomic E-state index is -0.245. The van der Waals surface area contributed by atoms with Crippen molar-refractivity contribution in [1.82, 2.24) is 10.2 Å². The van der Waals surface area contributed by atoms with Crippen LogP contribution < -0.4 is 15.8 Å². The van der Waals surface area contributed by atoms with Crippen molar-refractivity contribution in [2.75, 3.05) is 26.4 Å². The van der Waals surface area contributed by atoms with Gasteiger partial charge in [-0.25, -0.2) is 0 Å². The predicted octanol–water partition coefficient (Wildman–Crippen LogP) is 0.628. The molecule has 1 saturated carbocycles. The molecule has 2 amide bonds. The van der Waals surface area contributed by atoms with Gasteiger partial charge in [0, 0.05) is 18.7 Å². The van der Waals surface area contributed by atoms with E-state index >= 15 is 0 Å². The van der Waals surface area contributed by atoms with Gasteiger partial charge in [-0.1, -0.05) is 0 Å². The second kappa shape index (κ2) is 5.81. The molecule has 20 heavy (non-hydrogen) atoms. The molecule has 0 atom stereocenters. The van der Waals surface area contributed by atoms with Gasteiger partial charge in [0.1, 0.15) is 5.75 Å². The molecule has 1 aliphatic rings. The van der Waals surface area contributed by atoms with Crippen LogP contribution in [0.5, 0.6) is 5.75 Å². The molecule has 0 heterocycles. The summed E-state index contributed by atoms with van der Waals surface area (Å²) < 4.78 is 5.04. The highest BCUT2D eigenvalue weighted by Gasteiger charge is 2.24. The van der Waals surface area contributed by atoms with Gasteiger partial charge < -0.3 is 20.7 Å². The van der Waals surface area contributed by atoms with E-state index in [0.29, 0.717) is 23.0 Å². The Labute approximate surface area is 117 Å². The highest BCUT2D eigenvalue weighted by atomic mass is 16.5. The van der Waals surface area contributed by atoms with E-state index in [4.69, 9.17) is 10.5 Å². The van der Waals surface area contributed by atoms with Gasteiger partial charge in [-0.3, -0.25) is 9.59 Å². The van der Waals surface area contributed by atoms with Crippen LogP contribution in [0.4, 0.5) is 5.69 Å². The summed E-state index contributed by atoms with van der Waals surface area (Å²) in [7, 11) is 3.11. The highest BCUT2D eigenvalue weighted by molar-refractivity contribution is 5.97. The number of anilines is 1. The average molecular weight is 277 g/mol. The van der Waals surface area contributed by atoms with Crippen molar-refractivity contribution in [1.29, 1.82) is 0 Å². The molecule has 108 valence electrons. The topological polar surface area (TPSA) is 84.7 Å². The molecular weight excluding hydrogens is 258 g/mol. The molecule has 1 aromatic carbocycles. The number of ether oxygens (including phenoxy) is 1. The largest absolute Gasteiger partial charge is 0.495 e. The van der Waals surface area contributed by atoms with Crippen LogP contribution in [0, 0.1) is 0 Å². The number of nitrogens with two attached hydrogens (primary N) is 1. The number of amides is 2. The van der Waals surface area contributed by atoms with E-state index < -0.39 is 0 Å². The van der Waals surface area contributed by atoms with Gasteiger partial charge in [-0.2, -0.15) is 0 Å². The van der Waals surface area contributed by atoms with Crippen LogP contribution in [0.2, 0.25) is 0 Å². The first-order valence-corrected chi connectivity index (χ1v) is 6.49. The Bertz CT molecular complexity index is 526. The van der Waals surface area contributed by atoms with E-state index in [1.807, 2.05) is 0 Å². The van der Waals surface area contributed by atoms with Gasteiger partial charge in [0.25, 0.3) is 5.91 Å². The molecule has 0 unspecified atom stereocenters. The summed E-state index contributed by atoms with van der Waals surface area (Å²) >= 11 is 0. The summed E-state index contributed by atoms with van der Waals surface area (Å²) in [5.74, 6) is 0.144. The molecule has 1 fully saturated rings. The molecule has 1 aromatic rings. The summed E-state index contributed by atoms with van der Waals surface area (Å²) in [5, 5.41) is 2.84. The zero-order valence-electron chi connectivity index (χ0n) is 11.7. The van der Waals surface area contributed by atoms with Crippen molar-refractivity contribution >= 4 is 17.5 Å². The molecule has 0 spiro atoms. The molecule has 0 aliphatic heterocycles. The maximum atomic E-state index is 12.2. The first-order chi connectivity index (χ1) is 9.51. The number of benzene rings is 1. The van der Waals surface area contributed by atoms with Gasteiger partial charge in [0.15, 0.2) is 0 Å². The Morgan fingerprint density at radius 3 is 2.70 bits per heavy atom. The molecule has 2 rings (SSSR count). The Morgan fingerprint density at radius 1 is 1.45 bits per heavy atom. The highest BCUT2D eigenvalue weighted by Crippen LogP contribution is 2.22. The first-order valence-electron chi connectivity index (χ1n) is 6.49. The van der Waals surface area contributed by atoms with Crippen molar-refractivity contribution in [3.8, 4) is 5.75 Å². The molecule has 1 aliphatic carbocycles. The van der Waals surface area contributed by atoms with Gasteiger partial charge in [-0.15, -0.1) is 0 Å². The van der Waals surface area contributed by atoms with Crippen molar-refractivity contribution in [2.24, 2.45) is 0 Å². The number of nitrogens with one attached hydrogen (secondary N) is 1. The monoisotopic (exact) mass is 277 g/mol. The molecule has 0 radical (unpaired) electrons. The van der Waals surface area contributed by atoms with Gasteiger partial charge in [0.05, 0.1) is 19.3 Å². The molecule has 0 aromatic heterocycles. The minimum absolute atomic E-state index is 0.0429. The van der Waals surface area contributed by atoms with E-state index in [1.54, 1.807) is 25.2 Å². The van der Waals surface area contributed by atoms with E-state index in [0.717, 1.165) is 12.8 Å². The summed E-state index contributed by atoms with van der Waals surface area (Å²) in [6.45, 7) is 0.0429. The fraction of sp³-hybridized carbons (Fsp3) is 0.429. The van der Waals surface area contributed by atoms with E-state index in [1.165, 1.54) is 12.0 Å². The summed E-state index contributed by atoms with van der Waals surface area (Å²) in [6, 6.07) is 5.12. The molecule has 6 nitrogen and oxygen atoms in total. The van der Waals surface area contributed by atoms with Crippen molar-refractivity contribution in [3.05, 3.63) is 23.8 Å². The van der Waals surface area contributed by atoms with Crippen LogP contribution in [0.25, 0.3) is 0 Å². The maximum Gasteiger partial charge on any atom is 0.254 e. The fourth-order valence-corrected chi connectivity index (χ4v) is 1.88. The smallest absolute Gasteiger partial charge is 0.254 e. The van der Waals surface area contributed by atoms with Crippen LogP contribution in [-0.2, 0) is 4.79 Å². The standard InChI is InChI=1S/C14H19N3O3/c1-17(8-13(18)16-10-4-5-10)14(19)9-3-6-12(20-2)11(15)7-9/h3,6-7,10H,4-5,8,15H2,1-2H3,(H,16,18). The number of nitrogens with zero attached hydrogens (tertiary/aromatic N) is 1. The second-order valence-electron chi connectivity index (χ2n) is 4.96. The number of hydrogen-bond acceptors (Lipinski definition) is 4. The lowest BCUT2D eigenvalue weighted by molar-refractivity contribution is -0.121. The lowest BCUT2D eigenvalue weighted by Gasteiger charge is -2.17. The Kier molecular flexibility index (Phi) is 4.12. The Hall–Kier alpha value is -2.24. The van der Waals surface area contributed by atoms with Crippen LogP contribution >= 0.6 is 0 Å². The lowest BCUT2D eigenvalue weighted by Crippen LogP contribution is -2.39. The number of likely N-dealkylation sites (N-methyl/N-ethyl adjacent to an activating group) is 1. The molecule has 6 heteroatoms. The number of carbonyl (C=O) groups is 2. The third-order valence-corrected chi connectivity index (χ3v) is 3.15. The van der Waals surface area contributed by atoms with Crippen LogP contribution in [0.3, 0.4) is 0 Å². The van der Waals surface area contributed by atoms with Gasteiger partial charge in [0.2, 0.25) is 5.91 Å². The van der Waals surface area contributed by atoms with Gasteiger partial charge in [-0.05, 0) is 31.0 Å². The number of hydrogen-bond donors (Lipinski definition) is 2. The summed E-state index contributed by atoms with van der Waals surface area (Å²) in [5.41, 5.74) is 6.60. The molecule has 3 N–H and O–H groups in total. The molecule has 0 saturated heterocycles. The van der Waals surface area contributed by atoms with Crippen LogP contribution in [0.1, 0.15) is 23.2 Å². The second-order valence-corrected chi connectivity index (χ2v) is 4.96. The van der Waals surface area contributed by atoms with E-state index in [9.17, 15) is 9.59 Å². The quantitative estimate of drug-likeness (QED) is 0.773. The number of rotatable bonds is 5. The normalized spacial score (nSPS) is 13.7. The summed E-state index contributed by atoms with van der Waals surface area (Å²) in [4.78, 5) is 25.2. The minimum Gasteiger partial charge on any atom is -0.495 e. The zero-order valence-corrected chi connectivity index (χ0v) is 11.7. The third-order valence-electron chi connectivity index (χ3n) is 3.15. The lowest BCUT2D eigenvalue weighted by atomic mass is 10.1. The summed E-state index contributed by atoms with van der Waals surface area (Å²) in [6.07, 6.45) is 2.05. The van der Waals surface area contributed by atoms with Crippen molar-refractivity contribution < 1.29 is 14.3 Å². The van der Waals surface area contributed by atoms with Crippen LogP contribution in [0.15, 0.2) is 18.2 Å². The Balaban J connectivity index is 1.98. The number of methoxy groups -OCH3 is 1. The van der Waals surface area contributed by atoms with Crippen LogP contribution in [-0.4, -0.2) is 43.5 Å². The predicted molar refractivity (Wildman–Crippen MR) is 75.5 cm³/mol. The Morgan fingerprint density at radius 2 is 2.15 bits per heavy atom. The van der Waals surface area contributed by atoms with Crippen molar-refractivity contribution in [3.63, 3.8) is 0 Å². The maximum absolute atomic E-state index is 12.2. The number of nitrogen functional groups attached to an aromatic ring is 1. The SMILES string of the molecule is COc1ccc(C(=O)N(C)CC(=O)NC2CC2)cc1N. The fourth-order valence-electron chi connectivity index (χ4n) is 1.88.